The second-order valence-corrected chi connectivity index (χ2v) is 3.41. The molecule has 6 heteroatoms. The first kappa shape index (κ1) is 11.0. The maximum Gasteiger partial charge on any atom is 0.235 e. The number of nitrogens with one attached hydrogen (secondary N) is 1. The van der Waals surface area contributed by atoms with Crippen LogP contribution in [0.3, 0.4) is 0 Å². The van der Waals surface area contributed by atoms with Crippen molar-refractivity contribution in [3.8, 4) is 0 Å². The molecule has 1 amide bonds. The van der Waals surface area contributed by atoms with E-state index in [4.69, 9.17) is 11.6 Å². The van der Waals surface area contributed by atoms with Gasteiger partial charge in [-0.1, -0.05) is 0 Å². The molecule has 1 heterocycles. The van der Waals surface area contributed by atoms with Crippen LogP contribution in [0.5, 0.6) is 0 Å². The van der Waals surface area contributed by atoms with Gasteiger partial charge in [-0.15, -0.1) is 11.6 Å². The molecule has 0 fully saturated rings. The molecule has 1 rings (SSSR count). The first-order valence-corrected chi connectivity index (χ1v) is 4.89. The molecule has 0 saturated heterocycles. The summed E-state index contributed by atoms with van der Waals surface area (Å²) in [5.74, 6) is 0.343. The molecule has 0 bridgehead atoms. The molecule has 0 unspecified atom stereocenters. The summed E-state index contributed by atoms with van der Waals surface area (Å²) in [6.07, 6.45) is 1.65. The lowest BCUT2D eigenvalue weighted by atomic mass is 10.4. The second-order valence-electron chi connectivity index (χ2n) is 3.14. The van der Waals surface area contributed by atoms with E-state index in [1.54, 1.807) is 11.0 Å². The Bertz CT molecular complexity index is 310. The average molecular weight is 217 g/mol. The van der Waals surface area contributed by atoms with Gasteiger partial charge in [0.2, 0.25) is 5.91 Å². The van der Waals surface area contributed by atoms with Crippen molar-refractivity contribution >= 4 is 17.5 Å². The summed E-state index contributed by atoms with van der Waals surface area (Å²) in [5, 5.41) is 6.76. The topological polar surface area (TPSA) is 59.8 Å². The van der Waals surface area contributed by atoms with Gasteiger partial charge in [-0.3, -0.25) is 9.48 Å². The van der Waals surface area contributed by atoms with Crippen molar-refractivity contribution in [1.29, 1.82) is 0 Å². The molecule has 0 aromatic carbocycles. The van der Waals surface area contributed by atoms with Crippen LogP contribution in [-0.2, 0) is 11.3 Å². The molecule has 0 radical (unpaired) electrons. The van der Waals surface area contributed by atoms with Crippen molar-refractivity contribution in [3.05, 3.63) is 12.2 Å². The second kappa shape index (κ2) is 4.95. The number of rotatable bonds is 4. The number of hydrogen-bond donors (Lipinski definition) is 1. The van der Waals surface area contributed by atoms with E-state index in [0.29, 0.717) is 12.4 Å². The third kappa shape index (κ3) is 2.99. The Morgan fingerprint density at radius 2 is 2.43 bits per heavy atom. The molecule has 0 aliphatic heterocycles. The average Bonchev–Trinajstić information content (AvgIpc) is 2.62. The van der Waals surface area contributed by atoms with Crippen LogP contribution in [-0.4, -0.2) is 26.6 Å². The Morgan fingerprint density at radius 1 is 1.71 bits per heavy atom. The minimum absolute atomic E-state index is 0.0368. The quantitative estimate of drug-likeness (QED) is 0.755. The van der Waals surface area contributed by atoms with Crippen LogP contribution in [0.2, 0.25) is 0 Å². The van der Waals surface area contributed by atoms with Gasteiger partial charge >= 0.3 is 0 Å². The van der Waals surface area contributed by atoms with E-state index in [1.165, 1.54) is 0 Å². The van der Waals surface area contributed by atoms with Crippen molar-refractivity contribution in [3.63, 3.8) is 0 Å². The number of carbonyl (C=O) groups is 1. The molecular formula is C8H13ClN4O. The van der Waals surface area contributed by atoms with Crippen LogP contribution >= 0.6 is 11.6 Å². The normalized spacial score (nSPS) is 10.6. The molecule has 78 valence electrons. The molecule has 0 aliphatic rings. The zero-order chi connectivity index (χ0) is 10.6. The minimum atomic E-state index is -0.215. The Morgan fingerprint density at radius 3 is 2.93 bits per heavy atom. The fraction of sp³-hybridized carbons (Fsp3) is 0.625. The van der Waals surface area contributed by atoms with Crippen LogP contribution in [0.4, 0.5) is 0 Å². The van der Waals surface area contributed by atoms with Crippen LogP contribution in [0.1, 0.15) is 25.7 Å². The molecule has 1 aromatic heterocycles. The van der Waals surface area contributed by atoms with Gasteiger partial charge in [0.15, 0.2) is 5.82 Å². The molecule has 0 saturated carbocycles. The fourth-order valence-electron chi connectivity index (χ4n) is 0.865. The molecule has 0 spiro atoms. The highest BCUT2D eigenvalue weighted by atomic mass is 35.5. The van der Waals surface area contributed by atoms with Gasteiger partial charge in [-0.2, -0.15) is 5.10 Å². The first-order valence-electron chi connectivity index (χ1n) is 4.36. The maximum atomic E-state index is 10.8. The number of halogens is 1. The lowest BCUT2D eigenvalue weighted by Gasteiger charge is -2.02. The number of aromatic nitrogens is 3. The van der Waals surface area contributed by atoms with Gasteiger partial charge in [0, 0.05) is 6.04 Å². The molecule has 14 heavy (non-hydrogen) atoms. The SMILES string of the molecule is CC(C)n1cnc(CNC(=O)CCl)n1. The lowest BCUT2D eigenvalue weighted by Crippen LogP contribution is -2.24. The van der Waals surface area contributed by atoms with Gasteiger partial charge in [0.1, 0.15) is 12.2 Å². The summed E-state index contributed by atoms with van der Waals surface area (Å²) in [7, 11) is 0. The minimum Gasteiger partial charge on any atom is -0.348 e. The first-order chi connectivity index (χ1) is 6.63. The van der Waals surface area contributed by atoms with Crippen LogP contribution in [0, 0.1) is 0 Å². The van der Waals surface area contributed by atoms with Gasteiger partial charge < -0.3 is 5.32 Å². The highest BCUT2D eigenvalue weighted by Gasteiger charge is 2.04. The van der Waals surface area contributed by atoms with E-state index in [9.17, 15) is 4.79 Å². The Balaban J connectivity index is 2.48. The number of amides is 1. The maximum absolute atomic E-state index is 10.8. The zero-order valence-corrected chi connectivity index (χ0v) is 8.95. The Kier molecular flexibility index (Phi) is 3.88. The summed E-state index contributed by atoms with van der Waals surface area (Å²) in [5.41, 5.74) is 0. The lowest BCUT2D eigenvalue weighted by molar-refractivity contribution is -0.118. The monoisotopic (exact) mass is 216 g/mol. The van der Waals surface area contributed by atoms with E-state index in [1.807, 2.05) is 13.8 Å². The summed E-state index contributed by atoms with van der Waals surface area (Å²) < 4.78 is 1.74. The Labute approximate surface area is 87.5 Å². The van der Waals surface area contributed by atoms with Crippen molar-refractivity contribution in [1.82, 2.24) is 20.1 Å². The largest absolute Gasteiger partial charge is 0.348 e. The van der Waals surface area contributed by atoms with Crippen molar-refractivity contribution in [2.24, 2.45) is 0 Å². The number of alkyl halides is 1. The third-order valence-corrected chi connectivity index (χ3v) is 1.89. The van der Waals surface area contributed by atoms with E-state index in [-0.39, 0.29) is 17.8 Å². The highest BCUT2D eigenvalue weighted by Crippen LogP contribution is 2.00. The molecule has 5 nitrogen and oxygen atoms in total. The van der Waals surface area contributed by atoms with Crippen LogP contribution in [0.15, 0.2) is 6.33 Å². The van der Waals surface area contributed by atoms with E-state index in [2.05, 4.69) is 15.4 Å². The van der Waals surface area contributed by atoms with E-state index in [0.717, 1.165) is 0 Å². The number of carbonyl (C=O) groups excluding carboxylic acids is 1. The van der Waals surface area contributed by atoms with Crippen LogP contribution < -0.4 is 5.32 Å². The number of nitrogens with zero attached hydrogens (tertiary/aromatic N) is 3. The van der Waals surface area contributed by atoms with Crippen molar-refractivity contribution in [2.75, 3.05) is 5.88 Å². The van der Waals surface area contributed by atoms with Gasteiger partial charge in [-0.25, -0.2) is 4.98 Å². The predicted molar refractivity (Wildman–Crippen MR) is 53.0 cm³/mol. The zero-order valence-electron chi connectivity index (χ0n) is 8.20. The molecule has 1 N–H and O–H groups in total. The predicted octanol–water partition coefficient (Wildman–Crippen LogP) is 0.714. The smallest absolute Gasteiger partial charge is 0.235 e. The molecule has 0 atom stereocenters. The molecule has 1 aromatic rings. The van der Waals surface area contributed by atoms with Crippen LogP contribution in [0.25, 0.3) is 0 Å². The summed E-state index contributed by atoms with van der Waals surface area (Å²) in [6.45, 7) is 4.34. The van der Waals surface area contributed by atoms with Gasteiger partial charge in [0.25, 0.3) is 0 Å². The number of hydrogen-bond acceptors (Lipinski definition) is 3. The highest BCUT2D eigenvalue weighted by molar-refractivity contribution is 6.27. The van der Waals surface area contributed by atoms with Crippen molar-refractivity contribution in [2.45, 2.75) is 26.4 Å². The summed E-state index contributed by atoms with van der Waals surface area (Å²) in [4.78, 5) is 14.9. The van der Waals surface area contributed by atoms with Crippen molar-refractivity contribution < 1.29 is 4.79 Å². The van der Waals surface area contributed by atoms with Gasteiger partial charge in [0.05, 0.1) is 6.54 Å². The summed E-state index contributed by atoms with van der Waals surface area (Å²) in [6, 6.07) is 0.278. The Hall–Kier alpha value is -1.10. The summed E-state index contributed by atoms with van der Waals surface area (Å²) >= 11 is 5.32. The van der Waals surface area contributed by atoms with E-state index >= 15 is 0 Å². The standard InChI is InChI=1S/C8H13ClN4O/c1-6(2)13-5-11-7(12-13)4-10-8(14)3-9/h5-6H,3-4H2,1-2H3,(H,10,14). The van der Waals surface area contributed by atoms with Gasteiger partial charge in [-0.05, 0) is 13.8 Å². The molecule has 0 aliphatic carbocycles. The molecular weight excluding hydrogens is 204 g/mol. The van der Waals surface area contributed by atoms with E-state index < -0.39 is 0 Å². The third-order valence-electron chi connectivity index (χ3n) is 1.65. The fourth-order valence-corrected chi connectivity index (χ4v) is 0.960.